The fraction of sp³-hybridized carbons (Fsp3) is 0.250. The van der Waals surface area contributed by atoms with Crippen LogP contribution in [0.1, 0.15) is 49.9 Å². The summed E-state index contributed by atoms with van der Waals surface area (Å²) in [5.41, 5.74) is 2.49. The highest BCUT2D eigenvalue weighted by Crippen LogP contribution is 2.21. The number of nitrogens with zero attached hydrogens (tertiary/aromatic N) is 4. The van der Waals surface area contributed by atoms with Gasteiger partial charge in [-0.25, -0.2) is 18.7 Å². The van der Waals surface area contributed by atoms with Crippen molar-refractivity contribution in [1.82, 2.24) is 18.3 Å². The highest BCUT2D eigenvalue weighted by atomic mass is 127. The van der Waals surface area contributed by atoms with Gasteiger partial charge in [-0.3, -0.25) is 28.3 Å². The lowest BCUT2D eigenvalue weighted by Crippen LogP contribution is -2.42. The molecule has 332 valence electrons. The maximum atomic E-state index is 13.4. The van der Waals surface area contributed by atoms with Crippen LogP contribution in [0.15, 0.2) is 128 Å². The van der Waals surface area contributed by atoms with Gasteiger partial charge in [0.15, 0.2) is 0 Å². The van der Waals surface area contributed by atoms with E-state index in [0.29, 0.717) is 38.3 Å². The van der Waals surface area contributed by atoms with Crippen molar-refractivity contribution in [1.29, 1.82) is 0 Å². The molecule has 0 amide bonds. The Balaban J connectivity index is 0.000000223. The number of fused-ring (bicyclic) bond motifs is 2. The van der Waals surface area contributed by atoms with Crippen molar-refractivity contribution in [2.75, 3.05) is 13.2 Å². The highest BCUT2D eigenvalue weighted by molar-refractivity contribution is 14.1. The molecule has 0 spiro atoms. The number of esters is 2. The third-order valence-corrected chi connectivity index (χ3v) is 11.0. The Hall–Kier alpha value is -5.97. The van der Waals surface area contributed by atoms with E-state index in [1.807, 2.05) is 74.5 Å². The quantitative estimate of drug-likeness (QED) is 0.0785. The molecule has 5 aromatic carbocycles. The van der Waals surface area contributed by atoms with Crippen LogP contribution in [-0.4, -0.2) is 49.5 Å². The van der Waals surface area contributed by atoms with Gasteiger partial charge in [-0.15, -0.1) is 0 Å². The average molecular weight is 1020 g/mol. The summed E-state index contributed by atoms with van der Waals surface area (Å²) in [6.45, 7) is 7.22. The van der Waals surface area contributed by atoms with Gasteiger partial charge in [0, 0.05) is 13.6 Å². The van der Waals surface area contributed by atoms with Crippen molar-refractivity contribution in [3.63, 3.8) is 0 Å². The Morgan fingerprint density at radius 2 is 0.984 bits per heavy atom. The van der Waals surface area contributed by atoms with Gasteiger partial charge in [-0.2, -0.15) is 0 Å². The Kier molecular flexibility index (Phi) is 16.0. The molecule has 0 aliphatic carbocycles. The number of hydrogen-bond acceptors (Lipinski definition) is 9. The number of aromatic nitrogens is 4. The monoisotopic (exact) mass is 1020 g/mol. The summed E-state index contributed by atoms with van der Waals surface area (Å²) in [6, 6.07) is 32.8. The molecule has 2 heterocycles. The second-order valence-electron chi connectivity index (χ2n) is 14.9. The minimum atomic E-state index is -0.640. The Labute approximate surface area is 391 Å². The van der Waals surface area contributed by atoms with Gasteiger partial charge in [0.25, 0.3) is 11.1 Å². The summed E-state index contributed by atoms with van der Waals surface area (Å²) in [6.07, 6.45) is 0.680. The van der Waals surface area contributed by atoms with Crippen molar-refractivity contribution < 1.29 is 23.8 Å². The molecule has 0 saturated heterocycles. The smallest absolute Gasteiger partial charge is 0.332 e. The van der Waals surface area contributed by atoms with Crippen LogP contribution < -0.4 is 27.2 Å². The summed E-state index contributed by atoms with van der Waals surface area (Å²) >= 11 is 14.0. The predicted molar refractivity (Wildman–Crippen MR) is 257 cm³/mol. The third kappa shape index (κ3) is 11.8. The first-order valence-corrected chi connectivity index (χ1v) is 22.2. The first-order chi connectivity index (χ1) is 30.6. The first-order valence-electron chi connectivity index (χ1n) is 20.4. The van der Waals surface area contributed by atoms with Gasteiger partial charge in [-0.05, 0) is 146 Å². The standard InChI is InChI=1S/C29H29ClN2O5.C19H16ClIN2O4/c1-4-36-27(33)18-32-28(34)25-16-22(15-20-7-12-24(13-8-20)37-19(2)3)9-14-26(25)31(29(32)35)17-21-5-10-23(30)11-6-21;1-2-27-17(24)11-23-18(25)15-9-14(21)7-8-16(15)22(19(23)26)10-12-3-5-13(20)6-4-12/h5-14,16,19H,4,15,17-18H2,1-3H3;3-9H,2,10-11H2,1H3. The largest absolute Gasteiger partial charge is 0.491 e. The van der Waals surface area contributed by atoms with Crippen LogP contribution in [0.5, 0.6) is 5.75 Å². The SMILES string of the molecule is CCOC(=O)Cn1c(=O)c2cc(Cc3ccc(OC(C)C)cc3)ccc2n(Cc2ccc(Cl)cc2)c1=O.CCOC(=O)Cn1c(=O)c2cc(I)ccc2n(Cc2ccc(Cl)cc2)c1=O. The minimum Gasteiger partial charge on any atom is -0.491 e. The molecular formula is C48H45Cl2IN4O9. The average Bonchev–Trinajstić information content (AvgIpc) is 3.26. The Bertz CT molecular complexity index is 3050. The molecule has 16 heteroatoms. The fourth-order valence-electron chi connectivity index (χ4n) is 6.97. The summed E-state index contributed by atoms with van der Waals surface area (Å²) < 4.78 is 21.3. The normalized spacial score (nSPS) is 11.1. The van der Waals surface area contributed by atoms with Crippen molar-refractivity contribution in [2.45, 2.75) is 66.4 Å². The lowest BCUT2D eigenvalue weighted by Gasteiger charge is -2.15. The van der Waals surface area contributed by atoms with E-state index in [9.17, 15) is 28.8 Å². The molecule has 0 aliphatic rings. The molecule has 0 radical (unpaired) electrons. The van der Waals surface area contributed by atoms with E-state index in [-0.39, 0.29) is 32.4 Å². The minimum absolute atomic E-state index is 0.0913. The summed E-state index contributed by atoms with van der Waals surface area (Å²) in [4.78, 5) is 76.7. The Morgan fingerprint density at radius 3 is 1.44 bits per heavy atom. The molecule has 13 nitrogen and oxygen atoms in total. The summed E-state index contributed by atoms with van der Waals surface area (Å²) in [7, 11) is 0. The first kappa shape index (κ1) is 47.5. The van der Waals surface area contributed by atoms with E-state index in [2.05, 4.69) is 22.6 Å². The van der Waals surface area contributed by atoms with Crippen LogP contribution >= 0.6 is 45.8 Å². The maximum absolute atomic E-state index is 13.4. The molecule has 2 aromatic heterocycles. The topological polar surface area (TPSA) is 150 Å². The van der Waals surface area contributed by atoms with Crippen LogP contribution in [0, 0.1) is 3.57 Å². The predicted octanol–water partition coefficient (Wildman–Crippen LogP) is 7.84. The fourth-order valence-corrected chi connectivity index (χ4v) is 7.71. The Morgan fingerprint density at radius 1 is 0.562 bits per heavy atom. The zero-order valence-electron chi connectivity index (χ0n) is 35.5. The highest BCUT2D eigenvalue weighted by Gasteiger charge is 2.19. The zero-order valence-corrected chi connectivity index (χ0v) is 39.2. The molecule has 0 unspecified atom stereocenters. The lowest BCUT2D eigenvalue weighted by atomic mass is 10.0. The second-order valence-corrected chi connectivity index (χ2v) is 17.0. The van der Waals surface area contributed by atoms with Crippen LogP contribution in [0.2, 0.25) is 10.0 Å². The van der Waals surface area contributed by atoms with Gasteiger partial charge in [-0.1, -0.05) is 65.7 Å². The van der Waals surface area contributed by atoms with E-state index in [0.717, 1.165) is 40.7 Å². The van der Waals surface area contributed by atoms with E-state index in [1.165, 1.54) is 9.13 Å². The number of carbonyl (C=O) groups is 2. The van der Waals surface area contributed by atoms with Crippen molar-refractivity contribution in [2.24, 2.45) is 0 Å². The molecular weight excluding hydrogens is 974 g/mol. The van der Waals surface area contributed by atoms with E-state index < -0.39 is 47.5 Å². The zero-order chi connectivity index (χ0) is 46.1. The molecule has 7 rings (SSSR count). The number of halogens is 3. The molecule has 0 bridgehead atoms. The van der Waals surface area contributed by atoms with Gasteiger partial charge >= 0.3 is 23.3 Å². The molecule has 0 N–H and O–H groups in total. The lowest BCUT2D eigenvalue weighted by molar-refractivity contribution is -0.144. The number of benzene rings is 5. The molecule has 0 aliphatic heterocycles. The second kappa shape index (κ2) is 21.6. The maximum Gasteiger partial charge on any atom is 0.332 e. The van der Waals surface area contributed by atoms with E-state index >= 15 is 0 Å². The molecule has 0 saturated carbocycles. The molecule has 0 atom stereocenters. The summed E-state index contributed by atoms with van der Waals surface area (Å²) in [5.74, 6) is -0.469. The van der Waals surface area contributed by atoms with Crippen LogP contribution in [-0.2, 0) is 51.7 Å². The third-order valence-electron chi connectivity index (χ3n) is 9.87. The van der Waals surface area contributed by atoms with Gasteiger partial charge in [0.1, 0.15) is 18.8 Å². The number of carbonyl (C=O) groups excluding carboxylic acids is 2. The number of ether oxygens (including phenoxy) is 3. The van der Waals surface area contributed by atoms with Gasteiger partial charge in [0.2, 0.25) is 0 Å². The number of hydrogen-bond donors (Lipinski definition) is 0. The van der Waals surface area contributed by atoms with Crippen LogP contribution in [0.25, 0.3) is 21.8 Å². The molecule has 0 fully saturated rings. The van der Waals surface area contributed by atoms with Crippen LogP contribution in [0.4, 0.5) is 0 Å². The van der Waals surface area contributed by atoms with Crippen molar-refractivity contribution in [3.8, 4) is 5.75 Å². The van der Waals surface area contributed by atoms with Gasteiger partial charge in [0.05, 0.1) is 54.2 Å². The van der Waals surface area contributed by atoms with Crippen LogP contribution in [0.3, 0.4) is 0 Å². The van der Waals surface area contributed by atoms with Gasteiger partial charge < -0.3 is 14.2 Å². The van der Waals surface area contributed by atoms with E-state index in [4.69, 9.17) is 37.4 Å². The molecule has 64 heavy (non-hydrogen) atoms. The van der Waals surface area contributed by atoms with Crippen molar-refractivity contribution in [3.05, 3.63) is 187 Å². The number of rotatable bonds is 14. The van der Waals surface area contributed by atoms with Crippen molar-refractivity contribution >= 4 is 79.5 Å². The molecule has 7 aromatic rings. The summed E-state index contributed by atoms with van der Waals surface area (Å²) in [5, 5.41) is 1.91. The van der Waals surface area contributed by atoms with E-state index in [1.54, 1.807) is 62.4 Å².